The molecule has 0 aliphatic carbocycles. The topological polar surface area (TPSA) is 67.2 Å². The Kier molecular flexibility index (Phi) is 4.31. The molecule has 144 valence electrons. The summed E-state index contributed by atoms with van der Waals surface area (Å²) in [6.07, 6.45) is -2.03. The normalized spacial score (nSPS) is 20.5. The van der Waals surface area contributed by atoms with Crippen LogP contribution in [0.25, 0.3) is 0 Å². The molecule has 1 N–H and O–H groups in total. The molecule has 1 spiro atoms. The lowest BCUT2D eigenvalue weighted by molar-refractivity contribution is -0.146. The van der Waals surface area contributed by atoms with E-state index in [1.165, 1.54) is 4.90 Å². The molecule has 3 rings (SSSR count). The minimum Gasteiger partial charge on any atom is -0.356 e. The van der Waals surface area contributed by atoms with Gasteiger partial charge in [-0.15, -0.1) is 0 Å². The van der Waals surface area contributed by atoms with Crippen molar-refractivity contribution in [2.75, 3.05) is 19.6 Å². The Labute approximate surface area is 149 Å². The molecule has 3 heterocycles. The van der Waals surface area contributed by atoms with E-state index in [9.17, 15) is 22.8 Å². The molecule has 0 aromatic carbocycles. The van der Waals surface area contributed by atoms with Crippen molar-refractivity contribution in [3.8, 4) is 0 Å². The minimum atomic E-state index is -4.67. The van der Waals surface area contributed by atoms with Gasteiger partial charge < -0.3 is 10.2 Å². The highest BCUT2D eigenvalue weighted by Crippen LogP contribution is 2.39. The molecule has 26 heavy (non-hydrogen) atoms. The van der Waals surface area contributed by atoms with E-state index >= 15 is 0 Å². The average molecular weight is 372 g/mol. The second-order valence-corrected chi connectivity index (χ2v) is 8.23. The number of carbonyl (C=O) groups excluding carboxylic acids is 2. The second-order valence-electron chi connectivity index (χ2n) is 8.23. The smallest absolute Gasteiger partial charge is 0.356 e. The molecule has 2 aliphatic heterocycles. The van der Waals surface area contributed by atoms with Crippen LogP contribution < -0.4 is 5.32 Å². The molecular formula is C17H23F3N4O2. The third kappa shape index (κ3) is 3.31. The molecule has 0 saturated carbocycles. The number of piperidine rings is 1. The van der Waals surface area contributed by atoms with Crippen molar-refractivity contribution in [1.82, 2.24) is 20.0 Å². The van der Waals surface area contributed by atoms with Crippen LogP contribution in [0.3, 0.4) is 0 Å². The highest BCUT2D eigenvalue weighted by molar-refractivity contribution is 5.95. The quantitative estimate of drug-likeness (QED) is 0.823. The zero-order valence-electron chi connectivity index (χ0n) is 15.1. The Balaban J connectivity index is 1.83. The van der Waals surface area contributed by atoms with E-state index in [-0.39, 0.29) is 11.3 Å². The molecule has 0 bridgehead atoms. The maximum Gasteiger partial charge on any atom is 0.433 e. The van der Waals surface area contributed by atoms with Gasteiger partial charge in [0.05, 0.1) is 17.3 Å². The molecule has 1 aromatic rings. The number of hydrogen-bond acceptors (Lipinski definition) is 3. The van der Waals surface area contributed by atoms with Gasteiger partial charge in [0.2, 0.25) is 5.91 Å². The number of rotatable bonds is 1. The molecule has 0 radical (unpaired) electrons. The molecule has 2 amide bonds. The van der Waals surface area contributed by atoms with Crippen LogP contribution >= 0.6 is 0 Å². The number of amides is 2. The van der Waals surface area contributed by atoms with E-state index in [4.69, 9.17) is 0 Å². The predicted molar refractivity (Wildman–Crippen MR) is 87.4 cm³/mol. The van der Waals surface area contributed by atoms with Gasteiger partial charge in [0.25, 0.3) is 5.91 Å². The van der Waals surface area contributed by atoms with Gasteiger partial charge >= 0.3 is 6.18 Å². The summed E-state index contributed by atoms with van der Waals surface area (Å²) in [5, 5.41) is 6.65. The summed E-state index contributed by atoms with van der Waals surface area (Å²) in [6, 6.07) is 0. The van der Waals surface area contributed by atoms with E-state index < -0.39 is 28.9 Å². The Hall–Kier alpha value is -2.06. The van der Waals surface area contributed by atoms with Crippen molar-refractivity contribution in [3.05, 3.63) is 17.5 Å². The fraction of sp³-hybridized carbons (Fsp3) is 0.706. The van der Waals surface area contributed by atoms with Crippen molar-refractivity contribution in [2.24, 2.45) is 5.41 Å². The summed E-state index contributed by atoms with van der Waals surface area (Å²) in [5.41, 5.74) is -2.49. The Morgan fingerprint density at radius 2 is 1.85 bits per heavy atom. The van der Waals surface area contributed by atoms with Crippen molar-refractivity contribution in [3.63, 3.8) is 0 Å². The van der Waals surface area contributed by atoms with Crippen LogP contribution in [-0.2, 0) is 16.5 Å². The molecule has 2 fully saturated rings. The maximum absolute atomic E-state index is 13.6. The lowest BCUT2D eigenvalue weighted by atomic mass is 9.77. The van der Waals surface area contributed by atoms with E-state index in [1.807, 2.05) is 0 Å². The summed E-state index contributed by atoms with van der Waals surface area (Å²) in [6.45, 7) is 6.08. The van der Waals surface area contributed by atoms with Gasteiger partial charge in [-0.3, -0.25) is 14.3 Å². The van der Waals surface area contributed by atoms with Gasteiger partial charge in [0.15, 0.2) is 5.69 Å². The first kappa shape index (κ1) is 18.7. The summed E-state index contributed by atoms with van der Waals surface area (Å²) in [5.74, 6) is -0.657. The van der Waals surface area contributed by atoms with Crippen molar-refractivity contribution in [1.29, 1.82) is 0 Å². The molecule has 0 unspecified atom stereocenters. The van der Waals surface area contributed by atoms with Gasteiger partial charge in [-0.25, -0.2) is 0 Å². The van der Waals surface area contributed by atoms with E-state index in [2.05, 4.69) is 10.4 Å². The predicted octanol–water partition coefficient (Wildman–Crippen LogP) is 2.40. The van der Waals surface area contributed by atoms with E-state index in [0.29, 0.717) is 38.9 Å². The van der Waals surface area contributed by atoms with Crippen molar-refractivity contribution < 1.29 is 22.8 Å². The first-order chi connectivity index (χ1) is 11.9. The van der Waals surface area contributed by atoms with Crippen LogP contribution in [0.2, 0.25) is 0 Å². The third-order valence-electron chi connectivity index (χ3n) is 5.21. The largest absolute Gasteiger partial charge is 0.433 e. The van der Waals surface area contributed by atoms with Crippen LogP contribution in [0.1, 0.15) is 56.1 Å². The Morgan fingerprint density at radius 1 is 1.23 bits per heavy atom. The Bertz CT molecular complexity index is 725. The molecule has 0 atom stereocenters. The van der Waals surface area contributed by atoms with Crippen molar-refractivity contribution >= 4 is 11.8 Å². The highest BCUT2D eigenvalue weighted by Gasteiger charge is 2.45. The first-order valence-electron chi connectivity index (χ1n) is 8.65. The number of aromatic nitrogens is 2. The van der Waals surface area contributed by atoms with Gasteiger partial charge in [0, 0.05) is 26.1 Å². The molecule has 2 saturated heterocycles. The minimum absolute atomic E-state index is 0.00409. The fourth-order valence-corrected chi connectivity index (χ4v) is 3.75. The summed E-state index contributed by atoms with van der Waals surface area (Å²) < 4.78 is 41.7. The Morgan fingerprint density at radius 3 is 2.31 bits per heavy atom. The number of nitrogens with one attached hydrogen (secondary N) is 1. The second kappa shape index (κ2) is 5.99. The maximum atomic E-state index is 13.6. The SMILES string of the molecule is CC(C)(C)n1ncc(C(=O)N2CCC3(CC2)CNC(=O)C3)c1C(F)(F)F. The van der Waals surface area contributed by atoms with Crippen LogP contribution in [0.15, 0.2) is 6.20 Å². The molecule has 2 aliphatic rings. The monoisotopic (exact) mass is 372 g/mol. The highest BCUT2D eigenvalue weighted by atomic mass is 19.4. The number of halogens is 3. The molecule has 6 nitrogen and oxygen atoms in total. The number of hydrogen-bond donors (Lipinski definition) is 1. The van der Waals surface area contributed by atoms with E-state index in [0.717, 1.165) is 10.9 Å². The molecule has 1 aromatic heterocycles. The zero-order valence-corrected chi connectivity index (χ0v) is 15.1. The van der Waals surface area contributed by atoms with Crippen LogP contribution in [-0.4, -0.2) is 46.1 Å². The molecule has 9 heteroatoms. The van der Waals surface area contributed by atoms with Crippen LogP contribution in [0, 0.1) is 5.41 Å². The third-order valence-corrected chi connectivity index (χ3v) is 5.21. The standard InChI is InChI=1S/C17H23F3N4O2/c1-15(2,3)24-13(17(18,19)20)11(9-22-24)14(26)23-6-4-16(5-7-23)8-12(25)21-10-16/h9H,4-8,10H2,1-3H3,(H,21,25). The summed E-state index contributed by atoms with van der Waals surface area (Å²) in [7, 11) is 0. The summed E-state index contributed by atoms with van der Waals surface area (Å²) >= 11 is 0. The van der Waals surface area contributed by atoms with E-state index in [1.54, 1.807) is 20.8 Å². The number of alkyl halides is 3. The van der Waals surface area contributed by atoms with Gasteiger partial charge in [-0.05, 0) is 39.0 Å². The number of carbonyl (C=O) groups is 2. The zero-order chi connectivity index (χ0) is 19.3. The number of nitrogens with zero attached hydrogens (tertiary/aromatic N) is 3. The van der Waals surface area contributed by atoms with Gasteiger partial charge in [-0.2, -0.15) is 18.3 Å². The van der Waals surface area contributed by atoms with Crippen molar-refractivity contribution in [2.45, 2.75) is 51.7 Å². The van der Waals surface area contributed by atoms with Gasteiger partial charge in [-0.1, -0.05) is 0 Å². The first-order valence-corrected chi connectivity index (χ1v) is 8.65. The van der Waals surface area contributed by atoms with Gasteiger partial charge in [0.1, 0.15) is 0 Å². The average Bonchev–Trinajstić information content (AvgIpc) is 3.11. The molecular weight excluding hydrogens is 349 g/mol. The fourth-order valence-electron chi connectivity index (χ4n) is 3.75. The van der Waals surface area contributed by atoms with Crippen LogP contribution in [0.5, 0.6) is 0 Å². The summed E-state index contributed by atoms with van der Waals surface area (Å²) in [4.78, 5) is 25.7. The lowest BCUT2D eigenvalue weighted by Gasteiger charge is -2.38. The van der Waals surface area contributed by atoms with Crippen LogP contribution in [0.4, 0.5) is 13.2 Å². The number of likely N-dealkylation sites (tertiary alicyclic amines) is 1. The lowest BCUT2D eigenvalue weighted by Crippen LogP contribution is -2.44.